The number of amides is 1. The number of aryl methyl sites for hydroxylation is 1. The van der Waals surface area contributed by atoms with Crippen LogP contribution in [0.5, 0.6) is 0 Å². The van der Waals surface area contributed by atoms with Crippen LogP contribution >= 0.6 is 23.2 Å². The van der Waals surface area contributed by atoms with Crippen molar-refractivity contribution < 1.29 is 14.1 Å². The van der Waals surface area contributed by atoms with Gasteiger partial charge in [-0.25, -0.2) is 0 Å². The monoisotopic (exact) mass is 465 g/mol. The van der Waals surface area contributed by atoms with Crippen molar-refractivity contribution in [1.82, 2.24) is 10.1 Å². The third-order valence-corrected chi connectivity index (χ3v) is 5.16. The summed E-state index contributed by atoms with van der Waals surface area (Å²) in [5.41, 5.74) is 1.98. The van der Waals surface area contributed by atoms with Gasteiger partial charge in [0.25, 0.3) is 0 Å². The lowest BCUT2D eigenvalue weighted by Crippen LogP contribution is -2.15. The molecule has 0 saturated heterocycles. The summed E-state index contributed by atoms with van der Waals surface area (Å²) in [6.45, 7) is 0. The number of nitrogens with zero attached hydrogens (tertiary/aromatic N) is 2. The van der Waals surface area contributed by atoms with E-state index in [4.69, 9.17) is 27.7 Å². The number of anilines is 1. The van der Waals surface area contributed by atoms with Crippen LogP contribution in [0.3, 0.4) is 0 Å². The molecule has 4 rings (SSSR count). The van der Waals surface area contributed by atoms with Crippen molar-refractivity contribution in [1.29, 1.82) is 0 Å². The van der Waals surface area contributed by atoms with Crippen LogP contribution in [0.1, 0.15) is 28.2 Å². The van der Waals surface area contributed by atoms with Crippen molar-refractivity contribution in [3.05, 3.63) is 99.9 Å². The van der Waals surface area contributed by atoms with Gasteiger partial charge in [-0.15, -0.1) is 0 Å². The molecule has 8 heteroatoms. The van der Waals surface area contributed by atoms with E-state index in [1.165, 1.54) is 0 Å². The average Bonchev–Trinajstić information content (AvgIpc) is 3.28. The second kappa shape index (κ2) is 9.77. The number of nitrogens with one attached hydrogen (secondary N) is 1. The van der Waals surface area contributed by atoms with Crippen molar-refractivity contribution in [2.24, 2.45) is 0 Å². The molecule has 0 fully saturated rings. The first-order valence-electron chi connectivity index (χ1n) is 9.77. The molecule has 1 amide bonds. The summed E-state index contributed by atoms with van der Waals surface area (Å²) in [7, 11) is 0. The number of ketones is 1. The van der Waals surface area contributed by atoms with Crippen LogP contribution in [-0.4, -0.2) is 21.8 Å². The molecule has 4 aromatic rings. The van der Waals surface area contributed by atoms with E-state index in [0.29, 0.717) is 38.6 Å². The summed E-state index contributed by atoms with van der Waals surface area (Å²) in [5, 5.41) is 7.74. The zero-order chi connectivity index (χ0) is 22.5. The normalized spacial score (nSPS) is 10.7. The molecule has 0 unspecified atom stereocenters. The number of hydrogen-bond acceptors (Lipinski definition) is 5. The molecule has 0 atom stereocenters. The first-order valence-corrected chi connectivity index (χ1v) is 10.5. The SMILES string of the molecule is O=C(CCc1nc(-c2ccc(Cl)cc2)no1)Nc1ccc(Cl)cc1C(=O)c1ccccc1. The van der Waals surface area contributed by atoms with Gasteiger partial charge in [0, 0.05) is 39.6 Å². The Hall–Kier alpha value is -3.48. The van der Waals surface area contributed by atoms with Gasteiger partial charge in [-0.05, 0) is 42.5 Å². The van der Waals surface area contributed by atoms with Crippen LogP contribution in [-0.2, 0) is 11.2 Å². The first kappa shape index (κ1) is 21.7. The minimum absolute atomic E-state index is 0.101. The molecule has 1 N–H and O–H groups in total. The number of carbonyl (C=O) groups is 2. The van der Waals surface area contributed by atoms with E-state index in [-0.39, 0.29) is 24.5 Å². The molecule has 1 heterocycles. The average molecular weight is 466 g/mol. The Labute approximate surface area is 194 Å². The third kappa shape index (κ3) is 5.22. The molecule has 0 saturated carbocycles. The van der Waals surface area contributed by atoms with Gasteiger partial charge in [0.2, 0.25) is 17.6 Å². The Kier molecular flexibility index (Phi) is 6.63. The first-order chi connectivity index (χ1) is 15.5. The maximum absolute atomic E-state index is 12.9. The third-order valence-electron chi connectivity index (χ3n) is 4.67. The molecule has 0 aliphatic rings. The second-order valence-electron chi connectivity index (χ2n) is 6.95. The second-order valence-corrected chi connectivity index (χ2v) is 7.82. The van der Waals surface area contributed by atoms with E-state index in [1.807, 2.05) is 6.07 Å². The summed E-state index contributed by atoms with van der Waals surface area (Å²) in [4.78, 5) is 29.7. The van der Waals surface area contributed by atoms with Gasteiger partial charge < -0.3 is 9.84 Å². The van der Waals surface area contributed by atoms with Gasteiger partial charge in [0.15, 0.2) is 5.78 Å². The van der Waals surface area contributed by atoms with Gasteiger partial charge in [-0.2, -0.15) is 4.98 Å². The largest absolute Gasteiger partial charge is 0.339 e. The van der Waals surface area contributed by atoms with E-state index in [1.54, 1.807) is 66.7 Å². The predicted octanol–water partition coefficient (Wildman–Crippen LogP) is 5.85. The summed E-state index contributed by atoms with van der Waals surface area (Å²) in [6, 6.07) is 20.6. The summed E-state index contributed by atoms with van der Waals surface area (Å²) < 4.78 is 5.24. The van der Waals surface area contributed by atoms with Gasteiger partial charge in [-0.1, -0.05) is 58.7 Å². The molecule has 32 heavy (non-hydrogen) atoms. The molecular formula is C24H17Cl2N3O3. The van der Waals surface area contributed by atoms with Crippen molar-refractivity contribution in [2.75, 3.05) is 5.32 Å². The highest BCUT2D eigenvalue weighted by Crippen LogP contribution is 2.24. The molecule has 3 aromatic carbocycles. The topological polar surface area (TPSA) is 85.1 Å². The summed E-state index contributed by atoms with van der Waals surface area (Å²) >= 11 is 12.0. The summed E-state index contributed by atoms with van der Waals surface area (Å²) in [6.07, 6.45) is 0.353. The van der Waals surface area contributed by atoms with Gasteiger partial charge in [-0.3, -0.25) is 9.59 Å². The highest BCUT2D eigenvalue weighted by molar-refractivity contribution is 6.31. The Balaban J connectivity index is 1.43. The molecule has 0 aliphatic carbocycles. The smallest absolute Gasteiger partial charge is 0.227 e. The molecule has 6 nitrogen and oxygen atoms in total. The van der Waals surface area contributed by atoms with Crippen LogP contribution in [0.25, 0.3) is 11.4 Å². The van der Waals surface area contributed by atoms with Crippen LogP contribution in [0.2, 0.25) is 10.0 Å². The molecule has 0 bridgehead atoms. The van der Waals surface area contributed by atoms with E-state index in [9.17, 15) is 9.59 Å². The van der Waals surface area contributed by atoms with E-state index in [0.717, 1.165) is 5.56 Å². The fourth-order valence-corrected chi connectivity index (χ4v) is 3.36. The molecule has 0 radical (unpaired) electrons. The van der Waals surface area contributed by atoms with Gasteiger partial charge in [0.1, 0.15) is 0 Å². The number of hydrogen-bond donors (Lipinski definition) is 1. The Morgan fingerprint density at radius 1 is 0.906 bits per heavy atom. The zero-order valence-electron chi connectivity index (χ0n) is 16.7. The van der Waals surface area contributed by atoms with E-state index in [2.05, 4.69) is 15.5 Å². The van der Waals surface area contributed by atoms with Crippen LogP contribution in [0.15, 0.2) is 77.3 Å². The molecule has 0 aliphatic heterocycles. The number of halogens is 2. The number of rotatable bonds is 7. The number of aromatic nitrogens is 2. The maximum Gasteiger partial charge on any atom is 0.227 e. The highest BCUT2D eigenvalue weighted by atomic mass is 35.5. The fourth-order valence-electron chi connectivity index (χ4n) is 3.06. The quantitative estimate of drug-likeness (QED) is 0.346. The number of carbonyl (C=O) groups excluding carboxylic acids is 2. The standard InChI is InChI=1S/C24H17Cl2N3O3/c25-17-8-6-16(7-9-17)24-28-22(32-29-24)13-12-21(30)27-20-11-10-18(26)14-19(20)23(31)15-4-2-1-3-5-15/h1-11,14H,12-13H2,(H,27,30). The molecule has 1 aromatic heterocycles. The van der Waals surface area contributed by atoms with Crippen LogP contribution in [0.4, 0.5) is 5.69 Å². The molecule has 160 valence electrons. The maximum atomic E-state index is 12.9. The Morgan fingerprint density at radius 3 is 2.38 bits per heavy atom. The predicted molar refractivity (Wildman–Crippen MR) is 123 cm³/mol. The van der Waals surface area contributed by atoms with E-state index < -0.39 is 0 Å². The lowest BCUT2D eigenvalue weighted by Gasteiger charge is -2.11. The van der Waals surface area contributed by atoms with E-state index >= 15 is 0 Å². The lowest BCUT2D eigenvalue weighted by molar-refractivity contribution is -0.116. The fraction of sp³-hybridized carbons (Fsp3) is 0.0833. The van der Waals surface area contributed by atoms with Crippen LogP contribution in [0, 0.1) is 0 Å². The highest BCUT2D eigenvalue weighted by Gasteiger charge is 2.17. The molecular weight excluding hydrogens is 449 g/mol. The summed E-state index contributed by atoms with van der Waals surface area (Å²) in [5.74, 6) is 0.237. The van der Waals surface area contributed by atoms with Crippen molar-refractivity contribution >= 4 is 40.6 Å². The number of benzene rings is 3. The Morgan fingerprint density at radius 2 is 1.62 bits per heavy atom. The van der Waals surface area contributed by atoms with Crippen molar-refractivity contribution in [3.63, 3.8) is 0 Å². The van der Waals surface area contributed by atoms with Gasteiger partial charge in [0.05, 0.1) is 5.69 Å². The zero-order valence-corrected chi connectivity index (χ0v) is 18.2. The van der Waals surface area contributed by atoms with Gasteiger partial charge >= 0.3 is 0 Å². The van der Waals surface area contributed by atoms with Crippen molar-refractivity contribution in [2.45, 2.75) is 12.8 Å². The molecule has 0 spiro atoms. The van der Waals surface area contributed by atoms with Crippen LogP contribution < -0.4 is 5.32 Å². The minimum Gasteiger partial charge on any atom is -0.339 e. The lowest BCUT2D eigenvalue weighted by atomic mass is 10.0. The van der Waals surface area contributed by atoms with Crippen molar-refractivity contribution in [3.8, 4) is 11.4 Å². The Bertz CT molecular complexity index is 1260. The minimum atomic E-state index is -0.291.